The second-order valence-corrected chi connectivity index (χ2v) is 7.08. The smallest absolute Gasteiger partial charge is 0.338 e. The molecule has 0 spiro atoms. The predicted octanol–water partition coefficient (Wildman–Crippen LogP) is 3.66. The molecule has 1 amide bonds. The van der Waals surface area contributed by atoms with Crippen molar-refractivity contribution < 1.29 is 14.3 Å². The summed E-state index contributed by atoms with van der Waals surface area (Å²) in [4.78, 5) is 31.5. The van der Waals surface area contributed by atoms with Gasteiger partial charge in [0.25, 0.3) is 0 Å². The lowest BCUT2D eigenvalue weighted by atomic mass is 9.90. The molecule has 1 atom stereocenters. The van der Waals surface area contributed by atoms with Crippen molar-refractivity contribution >= 4 is 39.6 Å². The highest BCUT2D eigenvalue weighted by atomic mass is 32.2. The standard InChI is InChI=1S/C20H18N2O3S/c1-3-25-19(24)17-12(2)21-20-22(16(23)11-26-20)18(17)15-10-6-8-13-7-4-5-9-14(13)15/h4-10,18H,3,11H2,1-2H3/t18-/m0/s1. The highest BCUT2D eigenvalue weighted by Crippen LogP contribution is 2.42. The van der Waals surface area contributed by atoms with Gasteiger partial charge in [-0.15, -0.1) is 0 Å². The van der Waals surface area contributed by atoms with Crippen molar-refractivity contribution in [2.75, 3.05) is 12.4 Å². The van der Waals surface area contributed by atoms with Crippen LogP contribution in [-0.2, 0) is 14.3 Å². The van der Waals surface area contributed by atoms with Gasteiger partial charge in [0.05, 0.1) is 29.7 Å². The molecule has 132 valence electrons. The first-order valence-electron chi connectivity index (χ1n) is 8.51. The maximum Gasteiger partial charge on any atom is 0.338 e. The maximum absolute atomic E-state index is 12.7. The summed E-state index contributed by atoms with van der Waals surface area (Å²) in [6, 6.07) is 13.4. The van der Waals surface area contributed by atoms with E-state index in [1.54, 1.807) is 18.7 Å². The Morgan fingerprint density at radius 1 is 1.27 bits per heavy atom. The summed E-state index contributed by atoms with van der Waals surface area (Å²) in [7, 11) is 0. The summed E-state index contributed by atoms with van der Waals surface area (Å²) in [5.41, 5.74) is 1.95. The zero-order valence-corrected chi connectivity index (χ0v) is 15.4. The Balaban J connectivity index is 1.96. The number of esters is 1. The van der Waals surface area contributed by atoms with Gasteiger partial charge in [0.15, 0.2) is 5.17 Å². The van der Waals surface area contributed by atoms with Crippen LogP contribution in [-0.4, -0.2) is 34.3 Å². The molecule has 0 aromatic heterocycles. The van der Waals surface area contributed by atoms with Crippen LogP contribution < -0.4 is 0 Å². The van der Waals surface area contributed by atoms with Crippen LogP contribution in [0.4, 0.5) is 0 Å². The van der Waals surface area contributed by atoms with Crippen LogP contribution >= 0.6 is 11.8 Å². The third-order valence-electron chi connectivity index (χ3n) is 4.60. The van der Waals surface area contributed by atoms with Crippen LogP contribution in [0.25, 0.3) is 10.8 Å². The van der Waals surface area contributed by atoms with Gasteiger partial charge < -0.3 is 4.74 Å². The van der Waals surface area contributed by atoms with E-state index in [4.69, 9.17) is 4.74 Å². The number of thioether (sulfide) groups is 1. The summed E-state index contributed by atoms with van der Waals surface area (Å²) >= 11 is 1.41. The van der Waals surface area contributed by atoms with Gasteiger partial charge in [-0.3, -0.25) is 9.69 Å². The molecule has 2 aliphatic rings. The maximum atomic E-state index is 12.7. The Morgan fingerprint density at radius 3 is 2.85 bits per heavy atom. The quantitative estimate of drug-likeness (QED) is 0.778. The number of benzene rings is 2. The molecule has 0 saturated carbocycles. The molecule has 2 heterocycles. The summed E-state index contributed by atoms with van der Waals surface area (Å²) in [5.74, 6) is -0.125. The Hall–Kier alpha value is -2.60. The number of amides is 1. The normalized spacial score (nSPS) is 19.6. The molecule has 0 radical (unpaired) electrons. The molecule has 26 heavy (non-hydrogen) atoms. The average molecular weight is 366 g/mol. The number of amidine groups is 1. The zero-order chi connectivity index (χ0) is 18.3. The second kappa shape index (κ2) is 6.61. The minimum Gasteiger partial charge on any atom is -0.463 e. The third kappa shape index (κ3) is 2.61. The fourth-order valence-corrected chi connectivity index (χ4v) is 4.43. The van der Waals surface area contributed by atoms with E-state index in [0.29, 0.717) is 22.2 Å². The molecular weight excluding hydrogens is 348 g/mol. The topological polar surface area (TPSA) is 59.0 Å². The Morgan fingerprint density at radius 2 is 2.04 bits per heavy atom. The molecule has 2 aromatic rings. The number of hydrogen-bond donors (Lipinski definition) is 0. The summed E-state index contributed by atoms with van der Waals surface area (Å²) in [6.07, 6.45) is 0. The van der Waals surface area contributed by atoms with Gasteiger partial charge in [-0.25, -0.2) is 9.79 Å². The van der Waals surface area contributed by atoms with Crippen molar-refractivity contribution in [3.63, 3.8) is 0 Å². The molecule has 5 nitrogen and oxygen atoms in total. The van der Waals surface area contributed by atoms with Gasteiger partial charge in [0.1, 0.15) is 0 Å². The Kier molecular flexibility index (Phi) is 4.28. The minimum atomic E-state index is -0.518. The molecule has 4 rings (SSSR count). The van der Waals surface area contributed by atoms with Gasteiger partial charge in [-0.2, -0.15) is 0 Å². The van der Waals surface area contributed by atoms with Crippen LogP contribution in [0.2, 0.25) is 0 Å². The van der Waals surface area contributed by atoms with E-state index in [9.17, 15) is 9.59 Å². The van der Waals surface area contributed by atoms with E-state index in [-0.39, 0.29) is 12.5 Å². The van der Waals surface area contributed by atoms with Gasteiger partial charge in [-0.1, -0.05) is 54.2 Å². The summed E-state index contributed by atoms with van der Waals surface area (Å²) in [5, 5.41) is 2.73. The Labute approximate surface area is 155 Å². The highest BCUT2D eigenvalue weighted by Gasteiger charge is 2.43. The van der Waals surface area contributed by atoms with E-state index >= 15 is 0 Å². The van der Waals surface area contributed by atoms with Crippen LogP contribution in [0, 0.1) is 0 Å². The number of allylic oxidation sites excluding steroid dienone is 1. The molecule has 0 bridgehead atoms. The van der Waals surface area contributed by atoms with Gasteiger partial charge >= 0.3 is 5.97 Å². The number of carbonyl (C=O) groups is 2. The molecule has 1 saturated heterocycles. The second-order valence-electron chi connectivity index (χ2n) is 6.14. The minimum absolute atomic E-state index is 0.0408. The van der Waals surface area contributed by atoms with E-state index in [0.717, 1.165) is 16.3 Å². The number of ether oxygens (including phenoxy) is 1. The van der Waals surface area contributed by atoms with Crippen molar-refractivity contribution in [3.05, 3.63) is 59.3 Å². The van der Waals surface area contributed by atoms with Crippen molar-refractivity contribution in [2.45, 2.75) is 19.9 Å². The fourth-order valence-electron chi connectivity index (χ4n) is 3.49. The molecule has 0 N–H and O–H groups in total. The van der Waals surface area contributed by atoms with Crippen molar-refractivity contribution in [2.24, 2.45) is 4.99 Å². The van der Waals surface area contributed by atoms with Crippen LogP contribution in [0.3, 0.4) is 0 Å². The number of fused-ring (bicyclic) bond motifs is 2. The summed E-state index contributed by atoms with van der Waals surface area (Å²) in [6.45, 7) is 3.85. The number of nitrogens with zero attached hydrogens (tertiary/aromatic N) is 2. The lowest BCUT2D eigenvalue weighted by Crippen LogP contribution is -2.39. The molecule has 0 unspecified atom stereocenters. The monoisotopic (exact) mass is 366 g/mol. The number of carbonyl (C=O) groups excluding carboxylic acids is 2. The summed E-state index contributed by atoms with van der Waals surface area (Å²) < 4.78 is 5.29. The highest BCUT2D eigenvalue weighted by molar-refractivity contribution is 8.15. The molecule has 2 aromatic carbocycles. The van der Waals surface area contributed by atoms with Crippen LogP contribution in [0.1, 0.15) is 25.5 Å². The third-order valence-corrected chi connectivity index (χ3v) is 5.54. The van der Waals surface area contributed by atoms with Gasteiger partial charge in [0, 0.05) is 0 Å². The van der Waals surface area contributed by atoms with Crippen LogP contribution in [0.5, 0.6) is 0 Å². The molecule has 1 fully saturated rings. The molecular formula is C20H18N2O3S. The Bertz CT molecular complexity index is 975. The first-order chi connectivity index (χ1) is 12.6. The first kappa shape index (κ1) is 16.8. The van der Waals surface area contributed by atoms with E-state index in [1.807, 2.05) is 42.5 Å². The number of rotatable bonds is 3. The fraction of sp³-hybridized carbons (Fsp3) is 0.250. The first-order valence-corrected chi connectivity index (χ1v) is 9.49. The molecule has 2 aliphatic heterocycles. The lowest BCUT2D eigenvalue weighted by molar-refractivity contribution is -0.139. The van der Waals surface area contributed by atoms with Gasteiger partial charge in [0.2, 0.25) is 5.91 Å². The average Bonchev–Trinajstić information content (AvgIpc) is 3.00. The van der Waals surface area contributed by atoms with Crippen LogP contribution in [0.15, 0.2) is 58.7 Å². The lowest BCUT2D eigenvalue weighted by Gasteiger charge is -2.33. The number of aliphatic imine (C=N–C) groups is 1. The largest absolute Gasteiger partial charge is 0.463 e. The van der Waals surface area contributed by atoms with Gasteiger partial charge in [-0.05, 0) is 30.2 Å². The molecule has 0 aliphatic carbocycles. The van der Waals surface area contributed by atoms with Crippen molar-refractivity contribution in [3.8, 4) is 0 Å². The molecule has 6 heteroatoms. The van der Waals surface area contributed by atoms with Crippen molar-refractivity contribution in [1.29, 1.82) is 0 Å². The zero-order valence-electron chi connectivity index (χ0n) is 14.6. The SMILES string of the molecule is CCOC(=O)C1=C(C)N=C2SCC(=O)N2[C@H]1c1cccc2ccccc12. The van der Waals surface area contributed by atoms with E-state index in [2.05, 4.69) is 4.99 Å². The number of hydrogen-bond acceptors (Lipinski definition) is 5. The van der Waals surface area contributed by atoms with E-state index < -0.39 is 12.0 Å². The van der Waals surface area contributed by atoms with Crippen molar-refractivity contribution in [1.82, 2.24) is 4.90 Å². The predicted molar refractivity (Wildman–Crippen MR) is 103 cm³/mol. The van der Waals surface area contributed by atoms with E-state index in [1.165, 1.54) is 11.8 Å².